The second-order valence-electron chi connectivity index (χ2n) is 6.23. The summed E-state index contributed by atoms with van der Waals surface area (Å²) in [5.74, 6) is 0.751. The molecule has 2 amide bonds. The lowest BCUT2D eigenvalue weighted by molar-refractivity contribution is -0.124. The van der Waals surface area contributed by atoms with Crippen molar-refractivity contribution in [3.63, 3.8) is 0 Å². The highest BCUT2D eigenvalue weighted by atomic mass is 16.2. The van der Waals surface area contributed by atoms with E-state index in [9.17, 15) is 9.59 Å². The second kappa shape index (κ2) is 6.51. The molecular formula is C18H19N5O2. The van der Waals surface area contributed by atoms with Gasteiger partial charge in [0.25, 0.3) is 5.91 Å². The Hall–Kier alpha value is -2.96. The van der Waals surface area contributed by atoms with Gasteiger partial charge in [-0.05, 0) is 11.5 Å². The molecule has 0 saturated carbocycles. The van der Waals surface area contributed by atoms with Crippen molar-refractivity contribution >= 4 is 34.1 Å². The molecule has 1 N–H and O–H groups in total. The van der Waals surface area contributed by atoms with Gasteiger partial charge in [0, 0.05) is 50.6 Å². The molecule has 0 bridgehead atoms. The fourth-order valence-corrected chi connectivity index (χ4v) is 3.29. The molecule has 0 aliphatic carbocycles. The average Bonchev–Trinajstić information content (AvgIpc) is 2.68. The van der Waals surface area contributed by atoms with Gasteiger partial charge in [0.05, 0.1) is 0 Å². The number of hydrogen-bond acceptors (Lipinski definition) is 5. The molecule has 0 atom stereocenters. The second-order valence-corrected chi connectivity index (χ2v) is 6.23. The first-order valence-corrected chi connectivity index (χ1v) is 8.46. The van der Waals surface area contributed by atoms with E-state index in [1.165, 1.54) is 5.39 Å². The highest BCUT2D eigenvalue weighted by Gasteiger charge is 2.27. The number of nitrogens with zero attached hydrogens (tertiary/aromatic N) is 4. The predicted octanol–water partition coefficient (Wildman–Crippen LogP) is 1.15. The van der Waals surface area contributed by atoms with Crippen molar-refractivity contribution in [2.24, 2.45) is 5.10 Å². The minimum Gasteiger partial charge on any atom is -0.353 e. The van der Waals surface area contributed by atoms with Crippen LogP contribution < -0.4 is 10.3 Å². The van der Waals surface area contributed by atoms with Crippen molar-refractivity contribution in [2.45, 2.75) is 12.8 Å². The fraction of sp³-hybridized carbons (Fsp3) is 0.333. The van der Waals surface area contributed by atoms with Crippen LogP contribution in [0.3, 0.4) is 0 Å². The molecular weight excluding hydrogens is 318 g/mol. The number of nitrogens with one attached hydrogen (secondary N) is 1. The van der Waals surface area contributed by atoms with Gasteiger partial charge in [0.15, 0.2) is 0 Å². The SMILES string of the molecule is O=C1CCC(C(=O)N2CCN(c3nccc4ccccc34)CC2)=NN1. The third kappa shape index (κ3) is 3.05. The summed E-state index contributed by atoms with van der Waals surface area (Å²) in [7, 11) is 0. The van der Waals surface area contributed by atoms with Crippen LogP contribution in [0, 0.1) is 0 Å². The van der Waals surface area contributed by atoms with Crippen molar-refractivity contribution in [1.29, 1.82) is 0 Å². The van der Waals surface area contributed by atoms with Crippen LogP contribution in [-0.4, -0.2) is 53.6 Å². The largest absolute Gasteiger partial charge is 0.353 e. The van der Waals surface area contributed by atoms with Gasteiger partial charge in [-0.3, -0.25) is 9.59 Å². The molecule has 4 rings (SSSR count). The van der Waals surface area contributed by atoms with Crippen molar-refractivity contribution in [3.8, 4) is 0 Å². The van der Waals surface area contributed by atoms with Gasteiger partial charge in [0.1, 0.15) is 11.5 Å². The lowest BCUT2D eigenvalue weighted by Crippen LogP contribution is -2.51. The molecule has 128 valence electrons. The van der Waals surface area contributed by atoms with E-state index in [1.54, 1.807) is 4.90 Å². The molecule has 7 heteroatoms. The van der Waals surface area contributed by atoms with Crippen LogP contribution in [0.4, 0.5) is 5.82 Å². The lowest BCUT2D eigenvalue weighted by Gasteiger charge is -2.36. The van der Waals surface area contributed by atoms with Crippen molar-refractivity contribution in [3.05, 3.63) is 36.5 Å². The van der Waals surface area contributed by atoms with E-state index in [2.05, 4.69) is 32.5 Å². The molecule has 25 heavy (non-hydrogen) atoms. The zero-order valence-electron chi connectivity index (χ0n) is 13.8. The number of benzene rings is 1. The van der Waals surface area contributed by atoms with E-state index in [0.29, 0.717) is 31.6 Å². The number of hydrazone groups is 1. The van der Waals surface area contributed by atoms with E-state index in [4.69, 9.17) is 0 Å². The van der Waals surface area contributed by atoms with Crippen LogP contribution in [0.25, 0.3) is 10.8 Å². The van der Waals surface area contributed by atoms with Crippen LogP contribution >= 0.6 is 0 Å². The molecule has 7 nitrogen and oxygen atoms in total. The van der Waals surface area contributed by atoms with Crippen molar-refractivity contribution in [2.75, 3.05) is 31.1 Å². The van der Waals surface area contributed by atoms with Gasteiger partial charge < -0.3 is 9.80 Å². The Morgan fingerprint density at radius 3 is 2.60 bits per heavy atom. The maximum atomic E-state index is 12.5. The normalized spacial score (nSPS) is 18.1. The summed E-state index contributed by atoms with van der Waals surface area (Å²) in [5, 5.41) is 6.20. The number of hydrogen-bond donors (Lipinski definition) is 1. The number of anilines is 1. The molecule has 2 aliphatic rings. The topological polar surface area (TPSA) is 77.9 Å². The summed E-state index contributed by atoms with van der Waals surface area (Å²) in [5.41, 5.74) is 2.83. The smallest absolute Gasteiger partial charge is 0.270 e. The Morgan fingerprint density at radius 2 is 1.84 bits per heavy atom. The van der Waals surface area contributed by atoms with Gasteiger partial charge in [-0.2, -0.15) is 5.10 Å². The molecule has 2 aliphatic heterocycles. The van der Waals surface area contributed by atoms with E-state index < -0.39 is 0 Å². The van der Waals surface area contributed by atoms with Gasteiger partial charge in [0.2, 0.25) is 5.91 Å². The number of carbonyl (C=O) groups is 2. The standard InChI is InChI=1S/C18H19N5O2/c24-16-6-5-15(20-21-16)18(25)23-11-9-22(10-12-23)17-14-4-2-1-3-13(14)7-8-19-17/h1-4,7-8H,5-6,9-12H2,(H,21,24). The fourth-order valence-electron chi connectivity index (χ4n) is 3.29. The Labute approximate surface area is 145 Å². The van der Waals surface area contributed by atoms with Gasteiger partial charge in [-0.1, -0.05) is 24.3 Å². The first kappa shape index (κ1) is 15.6. The summed E-state index contributed by atoms with van der Waals surface area (Å²) in [6, 6.07) is 10.2. The number of amides is 2. The molecule has 2 aromatic rings. The number of pyridine rings is 1. The minimum atomic E-state index is -0.136. The molecule has 0 spiro atoms. The quantitative estimate of drug-likeness (QED) is 0.892. The molecule has 1 aromatic carbocycles. The van der Waals surface area contributed by atoms with Gasteiger partial charge in [-0.25, -0.2) is 10.4 Å². The van der Waals surface area contributed by atoms with Crippen LogP contribution in [0.5, 0.6) is 0 Å². The van der Waals surface area contributed by atoms with E-state index in [1.807, 2.05) is 24.4 Å². The molecule has 0 unspecified atom stereocenters. The summed E-state index contributed by atoms with van der Waals surface area (Å²) in [6.07, 6.45) is 2.56. The van der Waals surface area contributed by atoms with Crippen LogP contribution in [-0.2, 0) is 9.59 Å². The minimum absolute atomic E-state index is 0.0782. The zero-order chi connectivity index (χ0) is 17.2. The number of aromatic nitrogens is 1. The van der Waals surface area contributed by atoms with Crippen LogP contribution in [0.15, 0.2) is 41.6 Å². The molecule has 1 aromatic heterocycles. The third-order valence-corrected chi connectivity index (χ3v) is 4.67. The molecule has 1 saturated heterocycles. The molecule has 0 radical (unpaired) electrons. The van der Waals surface area contributed by atoms with Gasteiger partial charge in [-0.15, -0.1) is 0 Å². The van der Waals surface area contributed by atoms with Crippen molar-refractivity contribution in [1.82, 2.24) is 15.3 Å². The van der Waals surface area contributed by atoms with Crippen LogP contribution in [0.1, 0.15) is 12.8 Å². The average molecular weight is 337 g/mol. The first-order chi connectivity index (χ1) is 12.2. The van der Waals surface area contributed by atoms with Gasteiger partial charge >= 0.3 is 0 Å². The number of piperazine rings is 1. The first-order valence-electron chi connectivity index (χ1n) is 8.46. The molecule has 3 heterocycles. The maximum absolute atomic E-state index is 12.5. The van der Waals surface area contributed by atoms with Crippen molar-refractivity contribution < 1.29 is 9.59 Å². The Morgan fingerprint density at radius 1 is 1.04 bits per heavy atom. The summed E-state index contributed by atoms with van der Waals surface area (Å²) in [6.45, 7) is 2.70. The Bertz CT molecular complexity index is 850. The Kier molecular flexibility index (Phi) is 4.05. The number of carbonyl (C=O) groups excluding carboxylic acids is 2. The highest BCUT2D eigenvalue weighted by molar-refractivity contribution is 6.39. The monoisotopic (exact) mass is 337 g/mol. The molecule has 1 fully saturated rings. The van der Waals surface area contributed by atoms with E-state index in [-0.39, 0.29) is 11.8 Å². The third-order valence-electron chi connectivity index (χ3n) is 4.67. The summed E-state index contributed by atoms with van der Waals surface area (Å²) < 4.78 is 0. The zero-order valence-corrected chi connectivity index (χ0v) is 13.8. The number of fused-ring (bicyclic) bond motifs is 1. The number of rotatable bonds is 2. The maximum Gasteiger partial charge on any atom is 0.270 e. The lowest BCUT2D eigenvalue weighted by atomic mass is 10.1. The Balaban J connectivity index is 1.46. The highest BCUT2D eigenvalue weighted by Crippen LogP contribution is 2.25. The summed E-state index contributed by atoms with van der Waals surface area (Å²) >= 11 is 0. The summed E-state index contributed by atoms with van der Waals surface area (Å²) in [4.78, 5) is 32.3. The predicted molar refractivity (Wildman–Crippen MR) is 95.3 cm³/mol. The van der Waals surface area contributed by atoms with E-state index in [0.717, 1.165) is 24.3 Å². The van der Waals surface area contributed by atoms with E-state index >= 15 is 0 Å². The van der Waals surface area contributed by atoms with Crippen LogP contribution in [0.2, 0.25) is 0 Å².